The van der Waals surface area contributed by atoms with E-state index in [4.69, 9.17) is 11.6 Å². The van der Waals surface area contributed by atoms with Crippen LogP contribution in [0.25, 0.3) is 0 Å². The van der Waals surface area contributed by atoms with Crippen molar-refractivity contribution in [2.24, 2.45) is 5.92 Å². The highest BCUT2D eigenvalue weighted by molar-refractivity contribution is 6.30. The molecule has 1 unspecified atom stereocenters. The van der Waals surface area contributed by atoms with Crippen LogP contribution in [0.1, 0.15) is 50.1 Å². The van der Waals surface area contributed by atoms with Crippen molar-refractivity contribution in [3.05, 3.63) is 34.9 Å². The molecule has 2 heterocycles. The number of hydrogen-bond acceptors (Lipinski definition) is 3. The van der Waals surface area contributed by atoms with Gasteiger partial charge in [0.1, 0.15) is 0 Å². The Morgan fingerprint density at radius 1 is 1.22 bits per heavy atom. The lowest BCUT2D eigenvalue weighted by atomic mass is 9.93. The lowest BCUT2D eigenvalue weighted by molar-refractivity contribution is -0.121. The summed E-state index contributed by atoms with van der Waals surface area (Å²) in [6.07, 6.45) is 6.53. The van der Waals surface area contributed by atoms with E-state index >= 15 is 0 Å². The first-order valence-electron chi connectivity index (χ1n) is 9.69. The lowest BCUT2D eigenvalue weighted by Gasteiger charge is -2.28. The highest BCUT2D eigenvalue weighted by Crippen LogP contribution is 2.26. The predicted octanol–water partition coefficient (Wildman–Crippen LogP) is 4.22. The highest BCUT2D eigenvalue weighted by atomic mass is 35.5. The molecule has 1 atom stereocenters. The maximum absolute atomic E-state index is 12.3. The quantitative estimate of drug-likeness (QED) is 0.672. The van der Waals surface area contributed by atoms with Crippen molar-refractivity contribution in [1.82, 2.24) is 15.5 Å². The molecule has 1 amide bonds. The van der Waals surface area contributed by atoms with Gasteiger partial charge in [-0.1, -0.05) is 23.7 Å². The minimum atomic E-state index is 0. The number of likely N-dealkylation sites (tertiary alicyclic amines) is 1. The molecule has 1 aromatic rings. The molecule has 1 aromatic carbocycles. The van der Waals surface area contributed by atoms with Gasteiger partial charge in [-0.3, -0.25) is 9.69 Å². The summed E-state index contributed by atoms with van der Waals surface area (Å²) < 4.78 is 0. The zero-order valence-corrected chi connectivity index (χ0v) is 18.2. The van der Waals surface area contributed by atoms with Crippen LogP contribution in [0.2, 0.25) is 5.02 Å². The molecule has 4 nitrogen and oxygen atoms in total. The standard InChI is InChI=1S/C20H30ClN3O.2ClH/c21-18-5-3-4-17(14-18)19(24-12-1-2-13-24)15-23-20(25)7-6-16-8-10-22-11-9-16;;/h3-5,14,16,19,22H,1-2,6-13,15H2,(H,23,25);2*1H. The smallest absolute Gasteiger partial charge is 0.220 e. The van der Waals surface area contributed by atoms with E-state index in [1.165, 1.54) is 31.2 Å². The molecule has 154 valence electrons. The Morgan fingerprint density at radius 2 is 1.93 bits per heavy atom. The Bertz CT molecular complexity index is 561. The van der Waals surface area contributed by atoms with Gasteiger partial charge in [0.15, 0.2) is 0 Å². The van der Waals surface area contributed by atoms with Crippen molar-refractivity contribution >= 4 is 42.3 Å². The summed E-state index contributed by atoms with van der Waals surface area (Å²) in [6, 6.07) is 8.29. The van der Waals surface area contributed by atoms with Crippen LogP contribution in [0.3, 0.4) is 0 Å². The molecule has 2 N–H and O–H groups in total. The van der Waals surface area contributed by atoms with Crippen LogP contribution in [0.15, 0.2) is 24.3 Å². The first-order valence-corrected chi connectivity index (χ1v) is 10.1. The largest absolute Gasteiger partial charge is 0.354 e. The second kappa shape index (κ2) is 12.8. The Hall–Kier alpha value is -0.520. The summed E-state index contributed by atoms with van der Waals surface area (Å²) in [5.41, 5.74) is 1.20. The SMILES string of the molecule is Cl.Cl.O=C(CCC1CCNCC1)NCC(c1cccc(Cl)c1)N1CCCC1. The fourth-order valence-corrected chi connectivity index (χ4v) is 4.23. The van der Waals surface area contributed by atoms with Crippen molar-refractivity contribution in [3.8, 4) is 0 Å². The third-order valence-electron chi connectivity index (χ3n) is 5.55. The van der Waals surface area contributed by atoms with Gasteiger partial charge in [-0.05, 0) is 81.9 Å². The van der Waals surface area contributed by atoms with E-state index in [0.29, 0.717) is 18.9 Å². The molecular weight excluding hydrogens is 405 g/mol. The molecule has 7 heteroatoms. The summed E-state index contributed by atoms with van der Waals surface area (Å²) >= 11 is 6.18. The summed E-state index contributed by atoms with van der Waals surface area (Å²) in [4.78, 5) is 14.8. The molecule has 0 radical (unpaired) electrons. The van der Waals surface area contributed by atoms with E-state index in [9.17, 15) is 4.79 Å². The topological polar surface area (TPSA) is 44.4 Å². The first kappa shape index (κ1) is 24.5. The van der Waals surface area contributed by atoms with Gasteiger partial charge in [0.05, 0.1) is 6.04 Å². The van der Waals surface area contributed by atoms with E-state index in [1.54, 1.807) is 0 Å². The molecule has 0 saturated carbocycles. The monoisotopic (exact) mass is 435 g/mol. The number of rotatable bonds is 7. The summed E-state index contributed by atoms with van der Waals surface area (Å²) in [5, 5.41) is 7.32. The van der Waals surface area contributed by atoms with Crippen LogP contribution in [0, 0.1) is 5.92 Å². The molecular formula is C20H32Cl3N3O. The second-order valence-electron chi connectivity index (χ2n) is 7.35. The van der Waals surface area contributed by atoms with E-state index < -0.39 is 0 Å². The van der Waals surface area contributed by atoms with E-state index in [1.807, 2.05) is 18.2 Å². The fraction of sp³-hybridized carbons (Fsp3) is 0.650. The van der Waals surface area contributed by atoms with Gasteiger partial charge < -0.3 is 10.6 Å². The van der Waals surface area contributed by atoms with Gasteiger partial charge in [-0.15, -0.1) is 24.8 Å². The van der Waals surface area contributed by atoms with Gasteiger partial charge in [-0.2, -0.15) is 0 Å². The third-order valence-corrected chi connectivity index (χ3v) is 5.78. The number of halogens is 3. The first-order chi connectivity index (χ1) is 12.2. The number of nitrogens with one attached hydrogen (secondary N) is 2. The van der Waals surface area contributed by atoms with Gasteiger partial charge in [-0.25, -0.2) is 0 Å². The van der Waals surface area contributed by atoms with Crippen LogP contribution < -0.4 is 10.6 Å². The number of piperidine rings is 1. The second-order valence-corrected chi connectivity index (χ2v) is 7.79. The zero-order chi connectivity index (χ0) is 17.5. The van der Waals surface area contributed by atoms with Crippen molar-refractivity contribution < 1.29 is 4.79 Å². The Morgan fingerprint density at radius 3 is 2.59 bits per heavy atom. The van der Waals surface area contributed by atoms with Crippen LogP contribution in [-0.2, 0) is 4.79 Å². The Labute approximate surface area is 180 Å². The summed E-state index contributed by atoms with van der Waals surface area (Å²) in [7, 11) is 0. The third kappa shape index (κ3) is 7.78. The normalized spacial score (nSPS) is 19.0. The van der Waals surface area contributed by atoms with Crippen molar-refractivity contribution in [2.45, 2.75) is 44.6 Å². The average Bonchev–Trinajstić information content (AvgIpc) is 3.15. The van der Waals surface area contributed by atoms with Crippen LogP contribution in [0.5, 0.6) is 0 Å². The molecule has 0 bridgehead atoms. The van der Waals surface area contributed by atoms with Crippen LogP contribution in [-0.4, -0.2) is 43.5 Å². The maximum atomic E-state index is 12.3. The number of carbonyl (C=O) groups is 1. The minimum Gasteiger partial charge on any atom is -0.354 e. The molecule has 0 aliphatic carbocycles. The molecule has 2 saturated heterocycles. The van der Waals surface area contributed by atoms with Crippen molar-refractivity contribution in [2.75, 3.05) is 32.7 Å². The highest BCUT2D eigenvalue weighted by Gasteiger charge is 2.24. The molecule has 0 aromatic heterocycles. The Kier molecular flexibility index (Phi) is 11.7. The summed E-state index contributed by atoms with van der Waals surface area (Å²) in [5.74, 6) is 0.888. The molecule has 2 aliphatic rings. The molecule has 27 heavy (non-hydrogen) atoms. The lowest BCUT2D eigenvalue weighted by Crippen LogP contribution is -2.37. The van der Waals surface area contributed by atoms with Crippen molar-refractivity contribution in [1.29, 1.82) is 0 Å². The van der Waals surface area contributed by atoms with E-state index in [0.717, 1.165) is 37.6 Å². The number of benzene rings is 1. The van der Waals surface area contributed by atoms with E-state index in [-0.39, 0.29) is 36.8 Å². The van der Waals surface area contributed by atoms with Gasteiger partial charge in [0.25, 0.3) is 0 Å². The molecule has 3 rings (SSSR count). The van der Waals surface area contributed by atoms with Gasteiger partial charge in [0, 0.05) is 18.0 Å². The van der Waals surface area contributed by atoms with Gasteiger partial charge >= 0.3 is 0 Å². The van der Waals surface area contributed by atoms with E-state index in [2.05, 4.69) is 21.6 Å². The summed E-state index contributed by atoms with van der Waals surface area (Å²) in [6.45, 7) is 5.06. The van der Waals surface area contributed by atoms with Crippen LogP contribution in [0.4, 0.5) is 0 Å². The maximum Gasteiger partial charge on any atom is 0.220 e. The van der Waals surface area contributed by atoms with Crippen LogP contribution >= 0.6 is 36.4 Å². The predicted molar refractivity (Wildman–Crippen MR) is 117 cm³/mol. The number of carbonyl (C=O) groups excluding carboxylic acids is 1. The van der Waals surface area contributed by atoms with Crippen molar-refractivity contribution in [3.63, 3.8) is 0 Å². The Balaban J connectivity index is 0.00000182. The fourth-order valence-electron chi connectivity index (χ4n) is 4.03. The zero-order valence-electron chi connectivity index (χ0n) is 15.8. The molecule has 2 aliphatic heterocycles. The molecule has 0 spiro atoms. The minimum absolute atomic E-state index is 0. The average molecular weight is 437 g/mol. The van der Waals surface area contributed by atoms with Gasteiger partial charge in [0.2, 0.25) is 5.91 Å². The number of nitrogens with zero attached hydrogens (tertiary/aromatic N) is 1. The number of hydrogen-bond donors (Lipinski definition) is 2. The molecule has 2 fully saturated rings. The number of amides is 1.